The van der Waals surface area contributed by atoms with E-state index in [9.17, 15) is 9.59 Å². The lowest BCUT2D eigenvalue weighted by molar-refractivity contribution is -0.153. The molecule has 7 heteroatoms. The van der Waals surface area contributed by atoms with E-state index in [1.165, 1.54) is 19.3 Å². The maximum Gasteiger partial charge on any atom is 0.306 e. The van der Waals surface area contributed by atoms with Gasteiger partial charge in [-0.05, 0) is 43.1 Å². The van der Waals surface area contributed by atoms with Gasteiger partial charge in [-0.2, -0.15) is 0 Å². The van der Waals surface area contributed by atoms with E-state index in [2.05, 4.69) is 14.9 Å². The fraction of sp³-hybridized carbons (Fsp3) is 0.684. The molecule has 2 heterocycles. The lowest BCUT2D eigenvalue weighted by atomic mass is 9.86. The number of fused-ring (bicyclic) bond motifs is 2. The van der Waals surface area contributed by atoms with Crippen molar-refractivity contribution in [3.05, 3.63) is 18.5 Å². The molecule has 1 amide bonds. The van der Waals surface area contributed by atoms with Crippen LogP contribution in [0.1, 0.15) is 32.1 Å². The second-order valence-corrected chi connectivity index (χ2v) is 7.72. The SMILES string of the molecule is O=C(C[C@H]1C[C@@H]2CC[C@@H]1C2)OCC(=O)N1CCN(c2ncccn2)CC1. The summed E-state index contributed by atoms with van der Waals surface area (Å²) in [5.74, 6) is 2.37. The second kappa shape index (κ2) is 7.60. The van der Waals surface area contributed by atoms with Gasteiger partial charge in [-0.25, -0.2) is 9.97 Å². The van der Waals surface area contributed by atoms with Gasteiger partial charge in [-0.3, -0.25) is 9.59 Å². The summed E-state index contributed by atoms with van der Waals surface area (Å²) in [7, 11) is 0. The van der Waals surface area contributed by atoms with Crippen LogP contribution in [0.15, 0.2) is 18.5 Å². The zero-order chi connectivity index (χ0) is 17.9. The number of hydrogen-bond acceptors (Lipinski definition) is 6. The highest BCUT2D eigenvalue weighted by molar-refractivity contribution is 5.81. The summed E-state index contributed by atoms with van der Waals surface area (Å²) >= 11 is 0. The van der Waals surface area contributed by atoms with Gasteiger partial charge in [0.15, 0.2) is 6.61 Å². The van der Waals surface area contributed by atoms with Crippen LogP contribution < -0.4 is 4.90 Å². The van der Waals surface area contributed by atoms with E-state index in [0.29, 0.717) is 50.4 Å². The Morgan fingerprint density at radius 3 is 2.50 bits per heavy atom. The number of esters is 1. The van der Waals surface area contributed by atoms with Crippen molar-refractivity contribution in [3.8, 4) is 0 Å². The molecule has 3 atom stereocenters. The summed E-state index contributed by atoms with van der Waals surface area (Å²) in [5, 5.41) is 0. The van der Waals surface area contributed by atoms with Crippen LogP contribution in [0.25, 0.3) is 0 Å². The molecule has 0 spiro atoms. The first-order chi connectivity index (χ1) is 12.7. The third-order valence-electron chi connectivity index (χ3n) is 6.14. The van der Waals surface area contributed by atoms with Gasteiger partial charge in [0, 0.05) is 45.0 Å². The number of nitrogens with zero attached hydrogens (tertiary/aromatic N) is 4. The minimum absolute atomic E-state index is 0.111. The van der Waals surface area contributed by atoms with Gasteiger partial charge in [-0.15, -0.1) is 0 Å². The third-order valence-corrected chi connectivity index (χ3v) is 6.14. The van der Waals surface area contributed by atoms with Gasteiger partial charge in [0.25, 0.3) is 5.91 Å². The van der Waals surface area contributed by atoms with Gasteiger partial charge < -0.3 is 14.5 Å². The first-order valence-electron chi connectivity index (χ1n) is 9.64. The van der Waals surface area contributed by atoms with Crippen molar-refractivity contribution in [2.75, 3.05) is 37.7 Å². The Labute approximate surface area is 153 Å². The molecule has 0 aromatic carbocycles. The Bertz CT molecular complexity index is 645. The molecule has 3 fully saturated rings. The van der Waals surface area contributed by atoms with Crippen LogP contribution in [-0.2, 0) is 14.3 Å². The average molecular weight is 358 g/mol. The summed E-state index contributed by atoms with van der Waals surface area (Å²) in [6, 6.07) is 1.79. The molecule has 0 radical (unpaired) electrons. The zero-order valence-corrected chi connectivity index (χ0v) is 15.0. The summed E-state index contributed by atoms with van der Waals surface area (Å²) in [4.78, 5) is 36.7. The minimum atomic E-state index is -0.216. The normalized spacial score (nSPS) is 27.6. The lowest BCUT2D eigenvalue weighted by Gasteiger charge is -2.34. The van der Waals surface area contributed by atoms with Crippen molar-refractivity contribution in [1.82, 2.24) is 14.9 Å². The third kappa shape index (κ3) is 3.81. The van der Waals surface area contributed by atoms with E-state index < -0.39 is 0 Å². The molecular weight excluding hydrogens is 332 g/mol. The molecule has 1 aromatic rings. The maximum absolute atomic E-state index is 12.3. The monoisotopic (exact) mass is 358 g/mol. The Balaban J connectivity index is 1.18. The fourth-order valence-corrected chi connectivity index (χ4v) is 4.74. The van der Waals surface area contributed by atoms with Crippen LogP contribution in [-0.4, -0.2) is 59.5 Å². The van der Waals surface area contributed by atoms with Crippen LogP contribution in [0.5, 0.6) is 0 Å². The summed E-state index contributed by atoms with van der Waals surface area (Å²) in [6.45, 7) is 2.44. The number of aromatic nitrogens is 2. The molecule has 4 rings (SSSR count). The van der Waals surface area contributed by atoms with Gasteiger partial charge in [0.1, 0.15) is 0 Å². The van der Waals surface area contributed by atoms with Crippen LogP contribution >= 0.6 is 0 Å². The first-order valence-corrected chi connectivity index (χ1v) is 9.64. The smallest absolute Gasteiger partial charge is 0.306 e. The molecule has 1 aromatic heterocycles. The lowest BCUT2D eigenvalue weighted by Crippen LogP contribution is -2.50. The highest BCUT2D eigenvalue weighted by Gasteiger charge is 2.40. The standard InChI is InChI=1S/C19H26N4O3/c24-17(13-26-18(25)12-16-11-14-2-3-15(16)10-14)22-6-8-23(9-7-22)19-20-4-1-5-21-19/h1,4-5,14-16H,2-3,6-13H2/t14-,15-,16-/m1/s1. The minimum Gasteiger partial charge on any atom is -0.456 e. The number of carbonyl (C=O) groups excluding carboxylic acids is 2. The molecule has 3 aliphatic rings. The van der Waals surface area contributed by atoms with E-state index in [4.69, 9.17) is 4.74 Å². The van der Waals surface area contributed by atoms with E-state index in [-0.39, 0.29) is 18.5 Å². The summed E-state index contributed by atoms with van der Waals surface area (Å²) in [6.07, 6.45) is 8.95. The topological polar surface area (TPSA) is 75.6 Å². The first kappa shape index (κ1) is 17.2. The summed E-state index contributed by atoms with van der Waals surface area (Å²) < 4.78 is 5.27. The predicted molar refractivity (Wildman–Crippen MR) is 95.3 cm³/mol. The zero-order valence-electron chi connectivity index (χ0n) is 15.0. The number of carbonyl (C=O) groups is 2. The maximum atomic E-state index is 12.3. The Kier molecular flexibility index (Phi) is 5.04. The van der Waals surface area contributed by atoms with Crippen molar-refractivity contribution in [2.24, 2.45) is 17.8 Å². The van der Waals surface area contributed by atoms with E-state index in [1.807, 2.05) is 0 Å². The van der Waals surface area contributed by atoms with Gasteiger partial charge in [-0.1, -0.05) is 6.42 Å². The molecule has 2 saturated carbocycles. The van der Waals surface area contributed by atoms with Crippen molar-refractivity contribution >= 4 is 17.8 Å². The Morgan fingerprint density at radius 2 is 1.85 bits per heavy atom. The highest BCUT2D eigenvalue weighted by Crippen LogP contribution is 2.49. The van der Waals surface area contributed by atoms with Crippen LogP contribution in [0.2, 0.25) is 0 Å². The van der Waals surface area contributed by atoms with Gasteiger partial charge in [0.05, 0.1) is 0 Å². The molecule has 26 heavy (non-hydrogen) atoms. The van der Waals surface area contributed by atoms with E-state index in [1.54, 1.807) is 23.4 Å². The largest absolute Gasteiger partial charge is 0.456 e. The van der Waals surface area contributed by atoms with Gasteiger partial charge >= 0.3 is 5.97 Å². The van der Waals surface area contributed by atoms with Crippen molar-refractivity contribution < 1.29 is 14.3 Å². The van der Waals surface area contributed by atoms with E-state index in [0.717, 1.165) is 12.3 Å². The molecule has 1 aliphatic heterocycles. The molecule has 2 aliphatic carbocycles. The molecule has 2 bridgehead atoms. The van der Waals surface area contributed by atoms with E-state index >= 15 is 0 Å². The predicted octanol–water partition coefficient (Wildman–Crippen LogP) is 1.49. The molecule has 0 N–H and O–H groups in total. The van der Waals surface area contributed by atoms with Crippen molar-refractivity contribution in [3.63, 3.8) is 0 Å². The number of amides is 1. The average Bonchev–Trinajstić information content (AvgIpc) is 3.30. The van der Waals surface area contributed by atoms with Crippen molar-refractivity contribution in [2.45, 2.75) is 32.1 Å². The van der Waals surface area contributed by atoms with Crippen LogP contribution in [0.4, 0.5) is 5.95 Å². The second-order valence-electron chi connectivity index (χ2n) is 7.72. The fourth-order valence-electron chi connectivity index (χ4n) is 4.74. The number of rotatable bonds is 5. The van der Waals surface area contributed by atoms with Crippen LogP contribution in [0.3, 0.4) is 0 Å². The Morgan fingerprint density at radius 1 is 1.08 bits per heavy atom. The molecule has 1 saturated heterocycles. The molecule has 0 unspecified atom stereocenters. The molecule has 140 valence electrons. The van der Waals surface area contributed by atoms with Gasteiger partial charge in [0.2, 0.25) is 5.95 Å². The summed E-state index contributed by atoms with van der Waals surface area (Å²) in [5.41, 5.74) is 0. The number of piperazine rings is 1. The molecular formula is C19H26N4O3. The number of hydrogen-bond donors (Lipinski definition) is 0. The Hall–Kier alpha value is -2.18. The number of anilines is 1. The number of ether oxygens (including phenoxy) is 1. The van der Waals surface area contributed by atoms with Crippen molar-refractivity contribution in [1.29, 1.82) is 0 Å². The molecule has 7 nitrogen and oxygen atoms in total. The highest BCUT2D eigenvalue weighted by atomic mass is 16.5. The van der Waals surface area contributed by atoms with Crippen LogP contribution in [0, 0.1) is 17.8 Å². The quantitative estimate of drug-likeness (QED) is 0.743.